The Morgan fingerprint density at radius 1 is 1.00 bits per heavy atom. The molecule has 0 saturated carbocycles. The van der Waals surface area contributed by atoms with Crippen molar-refractivity contribution in [2.45, 2.75) is 25.6 Å². The summed E-state index contributed by atoms with van der Waals surface area (Å²) in [6, 6.07) is 17.8. The first kappa shape index (κ1) is 16.7. The fourth-order valence-corrected chi connectivity index (χ4v) is 4.43. The largest absolute Gasteiger partial charge is 0.460 e. The van der Waals surface area contributed by atoms with Gasteiger partial charge < -0.3 is 4.74 Å². The third-order valence-corrected chi connectivity index (χ3v) is 5.88. The quantitative estimate of drug-likeness (QED) is 0.780. The fraction of sp³-hybridized carbons (Fsp3) is 0.278. The lowest BCUT2D eigenvalue weighted by molar-refractivity contribution is -0.149. The summed E-state index contributed by atoms with van der Waals surface area (Å²) in [4.78, 5) is 12.4. The van der Waals surface area contributed by atoms with E-state index in [9.17, 15) is 13.2 Å². The smallest absolute Gasteiger partial charge is 0.324 e. The maximum Gasteiger partial charge on any atom is 0.324 e. The maximum absolute atomic E-state index is 12.4. The molecular weight excluding hydrogens is 326 g/mol. The average molecular weight is 345 g/mol. The van der Waals surface area contributed by atoms with Gasteiger partial charge in [-0.3, -0.25) is 4.79 Å². The molecule has 2 aromatic rings. The molecule has 0 aliphatic carbocycles. The van der Waals surface area contributed by atoms with Crippen molar-refractivity contribution in [1.82, 2.24) is 4.31 Å². The van der Waals surface area contributed by atoms with Gasteiger partial charge in [0.1, 0.15) is 12.6 Å². The van der Waals surface area contributed by atoms with Gasteiger partial charge in [-0.1, -0.05) is 60.7 Å². The van der Waals surface area contributed by atoms with E-state index in [0.29, 0.717) is 0 Å². The van der Waals surface area contributed by atoms with Crippen molar-refractivity contribution in [3.8, 4) is 0 Å². The number of ether oxygens (including phenoxy) is 1. The highest BCUT2D eigenvalue weighted by Gasteiger charge is 2.42. The number of carbonyl (C=O) groups is 1. The van der Waals surface area contributed by atoms with E-state index in [1.807, 2.05) is 60.7 Å². The van der Waals surface area contributed by atoms with E-state index in [1.54, 1.807) is 0 Å². The van der Waals surface area contributed by atoms with E-state index < -0.39 is 22.0 Å². The minimum absolute atomic E-state index is 0.0229. The summed E-state index contributed by atoms with van der Waals surface area (Å²) in [5.74, 6) is -0.513. The number of nitrogens with zero attached hydrogens (tertiary/aromatic N) is 1. The van der Waals surface area contributed by atoms with Gasteiger partial charge in [0.2, 0.25) is 10.0 Å². The lowest BCUT2D eigenvalue weighted by Gasteiger charge is -2.21. The highest BCUT2D eigenvalue weighted by molar-refractivity contribution is 7.89. The zero-order valence-electron chi connectivity index (χ0n) is 13.2. The number of esters is 1. The summed E-state index contributed by atoms with van der Waals surface area (Å²) in [5.41, 5.74) is 1.73. The second kappa shape index (κ2) is 7.15. The Balaban J connectivity index is 1.70. The van der Waals surface area contributed by atoms with Crippen LogP contribution in [0.2, 0.25) is 0 Å². The average Bonchev–Trinajstić information content (AvgIpc) is 2.89. The predicted octanol–water partition coefficient (Wildman–Crippen LogP) is 2.33. The van der Waals surface area contributed by atoms with Crippen molar-refractivity contribution in [3.05, 3.63) is 71.8 Å². The number of sulfonamides is 1. The van der Waals surface area contributed by atoms with Crippen molar-refractivity contribution >= 4 is 16.0 Å². The van der Waals surface area contributed by atoms with E-state index in [0.717, 1.165) is 11.1 Å². The monoisotopic (exact) mass is 345 g/mol. The van der Waals surface area contributed by atoms with Crippen LogP contribution in [0.3, 0.4) is 0 Å². The first-order valence-electron chi connectivity index (χ1n) is 7.80. The minimum Gasteiger partial charge on any atom is -0.460 e. The molecule has 1 unspecified atom stereocenters. The van der Waals surface area contributed by atoms with Crippen molar-refractivity contribution < 1.29 is 17.9 Å². The van der Waals surface area contributed by atoms with E-state index in [2.05, 4.69) is 0 Å². The van der Waals surface area contributed by atoms with Crippen LogP contribution in [-0.2, 0) is 32.7 Å². The van der Waals surface area contributed by atoms with Crippen LogP contribution in [-0.4, -0.2) is 30.5 Å². The van der Waals surface area contributed by atoms with E-state index in [4.69, 9.17) is 4.74 Å². The third-order valence-electron chi connectivity index (χ3n) is 4.03. The van der Waals surface area contributed by atoms with Crippen molar-refractivity contribution in [2.24, 2.45) is 0 Å². The molecule has 1 aliphatic rings. The lowest BCUT2D eigenvalue weighted by atomic mass is 10.2. The van der Waals surface area contributed by atoms with Gasteiger partial charge in [0.05, 0.1) is 5.75 Å². The van der Waals surface area contributed by atoms with Gasteiger partial charge in [-0.05, 0) is 17.5 Å². The summed E-state index contributed by atoms with van der Waals surface area (Å²) >= 11 is 0. The zero-order chi connectivity index (χ0) is 17.0. The first-order chi connectivity index (χ1) is 11.6. The number of hydrogen-bond acceptors (Lipinski definition) is 4. The molecule has 126 valence electrons. The Kier molecular flexibility index (Phi) is 4.97. The molecule has 0 radical (unpaired) electrons. The number of hydrogen-bond donors (Lipinski definition) is 0. The van der Waals surface area contributed by atoms with Gasteiger partial charge in [-0.25, -0.2) is 8.42 Å². The molecule has 0 bridgehead atoms. The number of benzene rings is 2. The number of carbonyl (C=O) groups excluding carboxylic acids is 1. The second-order valence-corrected chi connectivity index (χ2v) is 7.79. The molecule has 1 saturated heterocycles. The van der Waals surface area contributed by atoms with Gasteiger partial charge in [-0.15, -0.1) is 0 Å². The van der Waals surface area contributed by atoms with Crippen LogP contribution >= 0.6 is 0 Å². The predicted molar refractivity (Wildman–Crippen MR) is 90.4 cm³/mol. The number of rotatable bonds is 5. The molecule has 0 aromatic heterocycles. The van der Waals surface area contributed by atoms with Crippen molar-refractivity contribution in [2.75, 3.05) is 5.75 Å². The Morgan fingerprint density at radius 2 is 1.58 bits per heavy atom. The molecule has 1 heterocycles. The summed E-state index contributed by atoms with van der Waals surface area (Å²) in [6.07, 6.45) is 0.267. The lowest BCUT2D eigenvalue weighted by Crippen LogP contribution is -2.39. The van der Waals surface area contributed by atoms with Crippen LogP contribution < -0.4 is 0 Å². The molecule has 5 nitrogen and oxygen atoms in total. The van der Waals surface area contributed by atoms with Crippen LogP contribution in [0.15, 0.2) is 60.7 Å². The van der Waals surface area contributed by atoms with E-state index in [1.165, 1.54) is 4.31 Å². The zero-order valence-corrected chi connectivity index (χ0v) is 14.0. The normalized spacial score (nSPS) is 19.9. The topological polar surface area (TPSA) is 63.7 Å². The van der Waals surface area contributed by atoms with Crippen LogP contribution in [0.25, 0.3) is 0 Å². The molecule has 1 aliphatic heterocycles. The Morgan fingerprint density at radius 3 is 2.21 bits per heavy atom. The van der Waals surface area contributed by atoms with Gasteiger partial charge >= 0.3 is 5.97 Å². The molecule has 0 amide bonds. The Hall–Kier alpha value is -2.18. The summed E-state index contributed by atoms with van der Waals surface area (Å²) in [5, 5.41) is 0. The third kappa shape index (κ3) is 3.83. The molecule has 6 heteroatoms. The highest BCUT2D eigenvalue weighted by Crippen LogP contribution is 2.25. The highest BCUT2D eigenvalue weighted by atomic mass is 32.2. The molecule has 0 N–H and O–H groups in total. The molecule has 2 aromatic carbocycles. The fourth-order valence-electron chi connectivity index (χ4n) is 2.75. The van der Waals surface area contributed by atoms with Gasteiger partial charge in [0.15, 0.2) is 0 Å². The van der Waals surface area contributed by atoms with Crippen LogP contribution in [0.5, 0.6) is 0 Å². The molecular formula is C18H19NO4S. The van der Waals surface area contributed by atoms with Crippen molar-refractivity contribution in [3.63, 3.8) is 0 Å². The van der Waals surface area contributed by atoms with Crippen LogP contribution in [0.4, 0.5) is 0 Å². The first-order valence-corrected chi connectivity index (χ1v) is 9.41. The van der Waals surface area contributed by atoms with E-state index in [-0.39, 0.29) is 25.3 Å². The molecule has 1 atom stereocenters. The van der Waals surface area contributed by atoms with Crippen molar-refractivity contribution in [1.29, 1.82) is 0 Å². The molecule has 24 heavy (non-hydrogen) atoms. The van der Waals surface area contributed by atoms with Gasteiger partial charge in [0.25, 0.3) is 0 Å². The van der Waals surface area contributed by atoms with E-state index >= 15 is 0 Å². The van der Waals surface area contributed by atoms with Crippen LogP contribution in [0.1, 0.15) is 17.5 Å². The van der Waals surface area contributed by atoms with Crippen LogP contribution in [0, 0.1) is 0 Å². The summed E-state index contributed by atoms with van der Waals surface area (Å²) in [6.45, 7) is 0.337. The van der Waals surface area contributed by atoms with Gasteiger partial charge in [-0.2, -0.15) is 4.31 Å². The SMILES string of the molecule is O=C(OCc1ccccc1)C1CCS(=O)(=O)N1Cc1ccccc1. The summed E-state index contributed by atoms with van der Waals surface area (Å²) in [7, 11) is -3.43. The minimum atomic E-state index is -3.43. The molecule has 1 fully saturated rings. The Bertz CT molecular complexity index is 790. The summed E-state index contributed by atoms with van der Waals surface area (Å²) < 4.78 is 31.1. The second-order valence-electron chi connectivity index (χ2n) is 5.74. The molecule has 0 spiro atoms. The Labute approximate surface area is 141 Å². The maximum atomic E-state index is 12.4. The molecule has 3 rings (SSSR count). The van der Waals surface area contributed by atoms with Gasteiger partial charge in [0, 0.05) is 6.54 Å². The standard InChI is InChI=1S/C18H19NO4S/c20-18(23-14-16-9-5-2-6-10-16)17-11-12-24(21,22)19(17)13-15-7-3-1-4-8-15/h1-10,17H,11-14H2.